The molecule has 19 heavy (non-hydrogen) atoms. The number of rotatable bonds is 7. The number of nitrogens with zero attached hydrogens (tertiary/aromatic N) is 2. The second kappa shape index (κ2) is 7.25. The quantitative estimate of drug-likeness (QED) is 0.447. The van der Waals surface area contributed by atoms with Crippen molar-refractivity contribution >= 4 is 5.82 Å². The fourth-order valence-electron chi connectivity index (χ4n) is 1.47. The van der Waals surface area contributed by atoms with Crippen molar-refractivity contribution < 1.29 is 9.47 Å². The number of nitrogens with one attached hydrogen (secondary N) is 1. The van der Waals surface area contributed by atoms with Gasteiger partial charge < -0.3 is 14.9 Å². The minimum Gasteiger partial charge on any atom is -0.475 e. The molecule has 6 heteroatoms. The molecule has 0 atom stereocenters. The summed E-state index contributed by atoms with van der Waals surface area (Å²) in [4.78, 5) is 8.76. The topological polar surface area (TPSA) is 82.3 Å². The van der Waals surface area contributed by atoms with Crippen molar-refractivity contribution in [2.24, 2.45) is 5.84 Å². The lowest BCUT2D eigenvalue weighted by atomic mass is 10.2. The summed E-state index contributed by atoms with van der Waals surface area (Å²) >= 11 is 0. The van der Waals surface area contributed by atoms with Gasteiger partial charge in [-0.1, -0.05) is 13.8 Å². The van der Waals surface area contributed by atoms with E-state index < -0.39 is 0 Å². The molecule has 1 aromatic rings. The van der Waals surface area contributed by atoms with E-state index in [2.05, 4.69) is 15.4 Å². The van der Waals surface area contributed by atoms with Crippen LogP contribution in [0.15, 0.2) is 0 Å². The van der Waals surface area contributed by atoms with Crippen LogP contribution in [0.1, 0.15) is 45.0 Å². The van der Waals surface area contributed by atoms with Crippen molar-refractivity contribution in [1.82, 2.24) is 9.97 Å². The highest BCUT2D eigenvalue weighted by molar-refractivity contribution is 5.47. The first-order valence-corrected chi connectivity index (χ1v) is 6.55. The molecule has 0 saturated heterocycles. The molecule has 0 bridgehead atoms. The highest BCUT2D eigenvalue weighted by Crippen LogP contribution is 2.24. The highest BCUT2D eigenvalue weighted by Gasteiger charge is 2.13. The van der Waals surface area contributed by atoms with E-state index in [0.29, 0.717) is 30.7 Å². The summed E-state index contributed by atoms with van der Waals surface area (Å²) in [5, 5.41) is 0. The van der Waals surface area contributed by atoms with Gasteiger partial charge >= 0.3 is 0 Å². The molecule has 0 unspecified atom stereocenters. The van der Waals surface area contributed by atoms with Crippen molar-refractivity contribution in [2.75, 3.05) is 18.6 Å². The summed E-state index contributed by atoms with van der Waals surface area (Å²) < 4.78 is 11.1. The van der Waals surface area contributed by atoms with Gasteiger partial charge in [0.15, 0.2) is 0 Å². The van der Waals surface area contributed by atoms with Gasteiger partial charge in [-0.05, 0) is 20.8 Å². The molecule has 1 rings (SSSR count). The van der Waals surface area contributed by atoms with Gasteiger partial charge in [0.1, 0.15) is 18.2 Å². The number of hydrogen-bond acceptors (Lipinski definition) is 6. The van der Waals surface area contributed by atoms with Crippen molar-refractivity contribution in [3.8, 4) is 5.88 Å². The molecular weight excluding hydrogens is 244 g/mol. The van der Waals surface area contributed by atoms with Gasteiger partial charge in [-0.3, -0.25) is 0 Å². The molecule has 0 spiro atoms. The van der Waals surface area contributed by atoms with Crippen molar-refractivity contribution in [1.29, 1.82) is 0 Å². The third kappa shape index (κ3) is 4.65. The number of hydrogen-bond donors (Lipinski definition) is 2. The van der Waals surface area contributed by atoms with Crippen LogP contribution in [0, 0.1) is 6.92 Å². The zero-order valence-corrected chi connectivity index (χ0v) is 12.4. The van der Waals surface area contributed by atoms with Crippen LogP contribution in [0.2, 0.25) is 0 Å². The van der Waals surface area contributed by atoms with E-state index in [1.807, 2.05) is 34.6 Å². The molecule has 3 N–H and O–H groups in total. The lowest BCUT2D eigenvalue weighted by molar-refractivity contribution is 0.0540. The molecule has 0 fully saturated rings. The van der Waals surface area contributed by atoms with Crippen molar-refractivity contribution in [3.05, 3.63) is 11.4 Å². The second-order valence-electron chi connectivity index (χ2n) is 4.93. The number of anilines is 1. The fraction of sp³-hybridized carbons (Fsp3) is 0.692. The molecule has 0 aliphatic heterocycles. The van der Waals surface area contributed by atoms with Crippen LogP contribution in [-0.2, 0) is 4.74 Å². The molecule has 0 aromatic carbocycles. The van der Waals surface area contributed by atoms with Gasteiger partial charge in [0.2, 0.25) is 5.88 Å². The Kier molecular flexibility index (Phi) is 5.98. The standard InChI is InChI=1S/C13H24N4O2/c1-8(2)11-15-12(17-14)10(5)13(16-11)19-7-6-18-9(3)4/h8-9H,6-7,14H2,1-5H3,(H,15,16,17). The highest BCUT2D eigenvalue weighted by atomic mass is 16.5. The Bertz CT molecular complexity index is 408. The Hall–Kier alpha value is -1.40. The van der Waals surface area contributed by atoms with Crippen LogP contribution in [0.3, 0.4) is 0 Å². The lowest BCUT2D eigenvalue weighted by Crippen LogP contribution is -2.16. The number of ether oxygens (including phenoxy) is 2. The second-order valence-corrected chi connectivity index (χ2v) is 4.93. The van der Waals surface area contributed by atoms with Crippen molar-refractivity contribution in [2.45, 2.75) is 46.6 Å². The summed E-state index contributed by atoms with van der Waals surface area (Å²) in [6, 6.07) is 0. The summed E-state index contributed by atoms with van der Waals surface area (Å²) in [5.41, 5.74) is 3.38. The number of nitrogen functional groups attached to an aromatic ring is 1. The third-order valence-corrected chi connectivity index (χ3v) is 2.54. The van der Waals surface area contributed by atoms with E-state index >= 15 is 0 Å². The van der Waals surface area contributed by atoms with E-state index in [1.165, 1.54) is 0 Å². The molecule has 1 aromatic heterocycles. The molecule has 1 heterocycles. The van der Waals surface area contributed by atoms with E-state index in [-0.39, 0.29) is 12.0 Å². The average Bonchev–Trinajstić information content (AvgIpc) is 2.35. The zero-order chi connectivity index (χ0) is 14.4. The summed E-state index contributed by atoms with van der Waals surface area (Å²) in [5.74, 6) is 7.53. The normalized spacial score (nSPS) is 11.2. The SMILES string of the molecule is Cc1c(NN)nc(C(C)C)nc1OCCOC(C)C. The van der Waals surface area contributed by atoms with Gasteiger partial charge in [0.05, 0.1) is 18.3 Å². The van der Waals surface area contributed by atoms with E-state index in [1.54, 1.807) is 0 Å². The third-order valence-electron chi connectivity index (χ3n) is 2.54. The molecule has 0 aliphatic rings. The first-order chi connectivity index (χ1) is 8.95. The average molecular weight is 268 g/mol. The molecule has 0 amide bonds. The maximum atomic E-state index is 5.65. The van der Waals surface area contributed by atoms with Crippen LogP contribution in [0.25, 0.3) is 0 Å². The van der Waals surface area contributed by atoms with Crippen LogP contribution >= 0.6 is 0 Å². The van der Waals surface area contributed by atoms with Crippen LogP contribution in [0.5, 0.6) is 5.88 Å². The summed E-state index contributed by atoms with van der Waals surface area (Å²) in [7, 11) is 0. The van der Waals surface area contributed by atoms with Crippen LogP contribution in [-0.4, -0.2) is 29.3 Å². The molecule has 0 aliphatic carbocycles. The van der Waals surface area contributed by atoms with E-state index in [4.69, 9.17) is 15.3 Å². The summed E-state index contributed by atoms with van der Waals surface area (Å²) in [6.45, 7) is 10.9. The van der Waals surface area contributed by atoms with E-state index in [0.717, 1.165) is 5.56 Å². The fourth-order valence-corrected chi connectivity index (χ4v) is 1.47. The Morgan fingerprint density at radius 2 is 1.84 bits per heavy atom. The van der Waals surface area contributed by atoms with Gasteiger partial charge in [0.25, 0.3) is 0 Å². The predicted octanol–water partition coefficient (Wildman–Crippen LogP) is 2.00. The maximum Gasteiger partial charge on any atom is 0.221 e. The number of nitrogens with two attached hydrogens (primary N) is 1. The minimum absolute atomic E-state index is 0.197. The molecule has 0 saturated carbocycles. The smallest absolute Gasteiger partial charge is 0.221 e. The first-order valence-electron chi connectivity index (χ1n) is 6.55. The van der Waals surface area contributed by atoms with Crippen molar-refractivity contribution in [3.63, 3.8) is 0 Å². The largest absolute Gasteiger partial charge is 0.475 e. The maximum absolute atomic E-state index is 5.65. The Morgan fingerprint density at radius 1 is 1.16 bits per heavy atom. The Balaban J connectivity index is 2.78. The van der Waals surface area contributed by atoms with E-state index in [9.17, 15) is 0 Å². The monoisotopic (exact) mass is 268 g/mol. The van der Waals surface area contributed by atoms with Gasteiger partial charge in [0, 0.05) is 5.92 Å². The molecule has 6 nitrogen and oxygen atoms in total. The summed E-state index contributed by atoms with van der Waals surface area (Å²) in [6.07, 6.45) is 0.197. The molecule has 108 valence electrons. The molecular formula is C13H24N4O2. The van der Waals surface area contributed by atoms with Gasteiger partial charge in [-0.15, -0.1) is 0 Å². The van der Waals surface area contributed by atoms with Crippen LogP contribution in [0.4, 0.5) is 5.82 Å². The Morgan fingerprint density at radius 3 is 2.37 bits per heavy atom. The predicted molar refractivity (Wildman–Crippen MR) is 75.3 cm³/mol. The van der Waals surface area contributed by atoms with Gasteiger partial charge in [-0.2, -0.15) is 4.98 Å². The number of hydrazine groups is 1. The molecule has 0 radical (unpaired) electrons. The zero-order valence-electron chi connectivity index (χ0n) is 12.4. The minimum atomic E-state index is 0.197. The van der Waals surface area contributed by atoms with Crippen LogP contribution < -0.4 is 16.0 Å². The lowest BCUT2D eigenvalue weighted by Gasteiger charge is -2.14. The Labute approximate surface area is 114 Å². The number of aromatic nitrogens is 2. The first kappa shape index (κ1) is 15.7. The van der Waals surface area contributed by atoms with Gasteiger partial charge in [-0.25, -0.2) is 10.8 Å².